The summed E-state index contributed by atoms with van der Waals surface area (Å²) in [4.78, 5) is 44.7. The normalized spacial score (nSPS) is 14.9. The highest BCUT2D eigenvalue weighted by Gasteiger charge is 2.54. The molecular weight excluding hydrogens is 728 g/mol. The summed E-state index contributed by atoms with van der Waals surface area (Å²) in [7, 11) is 1.88. The van der Waals surface area contributed by atoms with Crippen LogP contribution in [0.2, 0.25) is 0 Å². The van der Waals surface area contributed by atoms with Crippen molar-refractivity contribution in [3.05, 3.63) is 84.8 Å². The summed E-state index contributed by atoms with van der Waals surface area (Å²) in [5, 5.41) is 32.7. The number of alkyl halides is 6. The molecular formula is C34H29F6N9O5. The Morgan fingerprint density at radius 2 is 1.46 bits per heavy atom. The first-order valence-corrected chi connectivity index (χ1v) is 15.9. The predicted octanol–water partition coefficient (Wildman–Crippen LogP) is 4.71. The van der Waals surface area contributed by atoms with Crippen molar-refractivity contribution in [1.82, 2.24) is 34.3 Å². The number of carboxylic acids is 2. The molecule has 1 saturated heterocycles. The lowest BCUT2D eigenvalue weighted by molar-refractivity contribution is -0.193. The van der Waals surface area contributed by atoms with E-state index in [1.165, 1.54) is 0 Å². The van der Waals surface area contributed by atoms with Gasteiger partial charge in [-0.05, 0) is 43.2 Å². The molecule has 14 nitrogen and oxygen atoms in total. The highest BCUT2D eigenvalue weighted by Crippen LogP contribution is 2.49. The van der Waals surface area contributed by atoms with Crippen LogP contribution in [0.4, 0.5) is 32.2 Å². The van der Waals surface area contributed by atoms with Crippen molar-refractivity contribution in [2.24, 2.45) is 7.05 Å². The number of aliphatic carboxylic acids is 2. The van der Waals surface area contributed by atoms with Crippen LogP contribution in [0.15, 0.2) is 73.6 Å². The molecule has 5 aromatic heterocycles. The van der Waals surface area contributed by atoms with E-state index in [0.717, 1.165) is 65.2 Å². The molecule has 1 amide bonds. The molecule has 0 unspecified atom stereocenters. The first kappa shape index (κ1) is 38.7. The number of nitrogens with zero attached hydrogens (tertiary/aromatic N) is 9. The number of hydrogen-bond acceptors (Lipinski definition) is 9. The van der Waals surface area contributed by atoms with E-state index in [0.29, 0.717) is 18.7 Å². The Kier molecular flexibility index (Phi) is 10.9. The van der Waals surface area contributed by atoms with Gasteiger partial charge in [-0.25, -0.2) is 19.1 Å². The highest BCUT2D eigenvalue weighted by atomic mass is 19.4. The number of fused-ring (bicyclic) bond motifs is 1. The molecule has 20 heteroatoms. The maximum Gasteiger partial charge on any atom is 0.490 e. The van der Waals surface area contributed by atoms with Gasteiger partial charge in [0.25, 0.3) is 0 Å². The van der Waals surface area contributed by atoms with Gasteiger partial charge < -0.3 is 20.0 Å². The summed E-state index contributed by atoms with van der Waals surface area (Å²) in [5.74, 6) is -4.45. The van der Waals surface area contributed by atoms with Crippen LogP contribution in [-0.2, 0) is 26.8 Å². The van der Waals surface area contributed by atoms with Crippen LogP contribution in [-0.4, -0.2) is 101 Å². The Labute approximate surface area is 301 Å². The van der Waals surface area contributed by atoms with Crippen molar-refractivity contribution in [3.8, 4) is 28.3 Å². The van der Waals surface area contributed by atoms with Crippen molar-refractivity contribution >= 4 is 29.2 Å². The second-order valence-corrected chi connectivity index (χ2v) is 12.1. The number of rotatable bonds is 5. The first-order chi connectivity index (χ1) is 25.4. The monoisotopic (exact) mass is 757 g/mol. The minimum atomic E-state index is -5.08. The van der Waals surface area contributed by atoms with E-state index in [1.54, 1.807) is 21.6 Å². The summed E-state index contributed by atoms with van der Waals surface area (Å²) < 4.78 is 67.0. The number of aryl methyl sites for hydroxylation is 1. The largest absolute Gasteiger partial charge is 0.490 e. The molecule has 5 aromatic rings. The number of nitriles is 1. The summed E-state index contributed by atoms with van der Waals surface area (Å²) >= 11 is 0. The molecule has 0 spiro atoms. The number of hydrogen-bond donors (Lipinski definition) is 2. The smallest absolute Gasteiger partial charge is 0.475 e. The van der Waals surface area contributed by atoms with Crippen molar-refractivity contribution in [1.29, 1.82) is 5.26 Å². The molecule has 6 heterocycles. The van der Waals surface area contributed by atoms with E-state index in [9.17, 15) is 36.4 Å². The van der Waals surface area contributed by atoms with Gasteiger partial charge in [0.05, 0.1) is 34.6 Å². The van der Waals surface area contributed by atoms with Gasteiger partial charge in [-0.2, -0.15) is 41.8 Å². The zero-order valence-corrected chi connectivity index (χ0v) is 28.1. The van der Waals surface area contributed by atoms with Crippen LogP contribution >= 0.6 is 0 Å². The van der Waals surface area contributed by atoms with Gasteiger partial charge in [-0.15, -0.1) is 0 Å². The number of pyridine rings is 3. The fourth-order valence-electron chi connectivity index (χ4n) is 5.68. The maximum atomic E-state index is 13.4. The molecule has 0 radical (unpaired) electrons. The molecule has 1 aliphatic carbocycles. The van der Waals surface area contributed by atoms with Gasteiger partial charge in [-0.3, -0.25) is 14.5 Å². The summed E-state index contributed by atoms with van der Waals surface area (Å²) in [6.07, 6.45) is 2.46. The van der Waals surface area contributed by atoms with E-state index in [2.05, 4.69) is 32.2 Å². The van der Waals surface area contributed by atoms with E-state index >= 15 is 0 Å². The summed E-state index contributed by atoms with van der Waals surface area (Å²) in [5.41, 5.74) is 5.41. The Morgan fingerprint density at radius 3 is 1.94 bits per heavy atom. The van der Waals surface area contributed by atoms with Crippen molar-refractivity contribution in [2.45, 2.75) is 30.6 Å². The number of piperazine rings is 1. The summed E-state index contributed by atoms with van der Waals surface area (Å²) in [6, 6.07) is 14.2. The zero-order chi connectivity index (χ0) is 39.4. The molecule has 1 saturated carbocycles. The van der Waals surface area contributed by atoms with E-state index < -0.39 is 29.7 Å². The molecule has 282 valence electrons. The van der Waals surface area contributed by atoms with Crippen LogP contribution in [0.25, 0.3) is 27.8 Å². The minimum Gasteiger partial charge on any atom is -0.475 e. The minimum absolute atomic E-state index is 0.195. The van der Waals surface area contributed by atoms with Gasteiger partial charge >= 0.3 is 24.3 Å². The third-order valence-corrected chi connectivity index (χ3v) is 8.52. The van der Waals surface area contributed by atoms with Gasteiger partial charge in [0.15, 0.2) is 0 Å². The number of amides is 1. The Hall–Kier alpha value is -6.52. The Balaban J connectivity index is 0.000000342. The lowest BCUT2D eigenvalue weighted by Crippen LogP contribution is -2.51. The van der Waals surface area contributed by atoms with Crippen molar-refractivity contribution in [3.63, 3.8) is 0 Å². The third kappa shape index (κ3) is 8.57. The average Bonchev–Trinajstić information content (AvgIpc) is 3.67. The molecule has 7 rings (SSSR count). The second kappa shape index (κ2) is 15.2. The van der Waals surface area contributed by atoms with Crippen LogP contribution < -0.4 is 4.90 Å². The molecule has 0 bridgehead atoms. The van der Waals surface area contributed by atoms with Crippen LogP contribution in [0.1, 0.15) is 24.1 Å². The Bertz CT molecular complexity index is 2160. The molecule has 0 aromatic carbocycles. The van der Waals surface area contributed by atoms with E-state index in [1.807, 2.05) is 67.1 Å². The quantitative estimate of drug-likeness (QED) is 0.237. The van der Waals surface area contributed by atoms with Crippen LogP contribution in [0.5, 0.6) is 0 Å². The van der Waals surface area contributed by atoms with Gasteiger partial charge in [-0.1, -0.05) is 6.07 Å². The molecule has 0 atom stereocenters. The molecule has 1 aliphatic heterocycles. The topological polar surface area (TPSA) is 183 Å². The Morgan fingerprint density at radius 1 is 0.815 bits per heavy atom. The van der Waals surface area contributed by atoms with E-state index in [4.69, 9.17) is 24.8 Å². The van der Waals surface area contributed by atoms with Crippen LogP contribution in [0, 0.1) is 11.3 Å². The van der Waals surface area contributed by atoms with Gasteiger partial charge in [0.1, 0.15) is 11.9 Å². The number of carbonyl (C=O) groups is 3. The van der Waals surface area contributed by atoms with Gasteiger partial charge in [0, 0.05) is 80.3 Å². The van der Waals surface area contributed by atoms with Crippen molar-refractivity contribution in [2.75, 3.05) is 31.1 Å². The maximum absolute atomic E-state index is 13.4. The average molecular weight is 758 g/mol. The molecule has 2 aliphatic rings. The fraction of sp³-hybridized carbons (Fsp3) is 0.294. The number of carbonyl (C=O) groups excluding carboxylic acids is 1. The SMILES string of the molecule is Cn1cc(-c2cc(-c3ccc(N4CCN(C(=O)C5(c6ccccn6)CC5)CC4)nc3)c3c(C#N)cnn3c2)cn1.O=C(O)C(F)(F)F.O=C(O)C(F)(F)F. The van der Waals surface area contributed by atoms with E-state index in [-0.39, 0.29) is 5.91 Å². The molecule has 54 heavy (non-hydrogen) atoms. The lowest BCUT2D eigenvalue weighted by Gasteiger charge is -2.37. The van der Waals surface area contributed by atoms with Crippen LogP contribution in [0.3, 0.4) is 0 Å². The molecule has 2 N–H and O–H groups in total. The van der Waals surface area contributed by atoms with Gasteiger partial charge in [0.2, 0.25) is 5.91 Å². The second-order valence-electron chi connectivity index (χ2n) is 12.1. The zero-order valence-electron chi connectivity index (χ0n) is 28.1. The standard InChI is InChI=1S/C30H27N9O.2C2HF3O2/c1-36-19-24(18-34-36)22-14-25(28-23(15-31)17-35-39(28)20-22)21-5-6-27(33-16-21)37-10-12-38(13-11-37)29(40)30(7-8-30)26-4-2-3-9-32-26;2*3-2(4,5)1(6)7/h2-6,9,14,16-20H,7-8,10-13H2,1H3;2*(H,6,7). The fourth-order valence-corrected chi connectivity index (χ4v) is 5.68. The van der Waals surface area contributed by atoms with Crippen molar-refractivity contribution < 1.29 is 50.9 Å². The lowest BCUT2D eigenvalue weighted by atomic mass is 9.99. The number of carboxylic acid groups (broad SMARTS) is 2. The summed E-state index contributed by atoms with van der Waals surface area (Å²) in [6.45, 7) is 2.76. The first-order valence-electron chi connectivity index (χ1n) is 15.9. The predicted molar refractivity (Wildman–Crippen MR) is 177 cm³/mol. The number of anilines is 1. The highest BCUT2D eigenvalue weighted by molar-refractivity contribution is 5.91. The number of halogens is 6. The molecule has 2 fully saturated rings. The number of aromatic nitrogens is 6. The third-order valence-electron chi connectivity index (χ3n) is 8.52.